The predicted octanol–water partition coefficient (Wildman–Crippen LogP) is 2.03. The highest BCUT2D eigenvalue weighted by atomic mass is 16.5. The Kier molecular flexibility index (Phi) is 4.62. The van der Waals surface area contributed by atoms with E-state index in [2.05, 4.69) is 5.32 Å². The minimum atomic E-state index is -0.291. The van der Waals surface area contributed by atoms with Gasteiger partial charge in [-0.3, -0.25) is 4.79 Å². The molecule has 1 amide bonds. The molecule has 1 heterocycles. The number of methoxy groups -OCH3 is 1. The first-order valence-electron chi connectivity index (χ1n) is 6.02. The highest BCUT2D eigenvalue weighted by molar-refractivity contribution is 5.93. The average Bonchev–Trinajstić information content (AvgIpc) is 2.92. The third kappa shape index (κ3) is 3.76. The minimum Gasteiger partial charge on any atom is -0.495 e. The van der Waals surface area contributed by atoms with Gasteiger partial charge in [0.15, 0.2) is 0 Å². The predicted molar refractivity (Wildman–Crippen MR) is 74.4 cm³/mol. The molecule has 20 heavy (non-hydrogen) atoms. The lowest BCUT2D eigenvalue weighted by atomic mass is 10.2. The summed E-state index contributed by atoms with van der Waals surface area (Å²) in [5.74, 6) is 0.915. The van der Waals surface area contributed by atoms with Crippen LogP contribution in [0.5, 0.6) is 5.75 Å². The van der Waals surface area contributed by atoms with Gasteiger partial charge >= 0.3 is 0 Å². The second-order valence-corrected chi connectivity index (χ2v) is 4.08. The Morgan fingerprint density at radius 3 is 2.95 bits per heavy atom. The fourth-order valence-electron chi connectivity index (χ4n) is 1.65. The Morgan fingerprint density at radius 1 is 1.40 bits per heavy atom. The molecule has 1 aromatic carbocycles. The quantitative estimate of drug-likeness (QED) is 0.788. The summed E-state index contributed by atoms with van der Waals surface area (Å²) in [4.78, 5) is 11.8. The number of nitrogens with one attached hydrogen (secondary N) is 1. The fraction of sp³-hybridized carbons (Fsp3) is 0.214. The molecule has 0 saturated heterocycles. The first-order chi connectivity index (χ1) is 9.69. The van der Waals surface area contributed by atoms with Crippen LogP contribution in [0.2, 0.25) is 0 Å². The van der Waals surface area contributed by atoms with E-state index in [1.165, 1.54) is 7.11 Å². The summed E-state index contributed by atoms with van der Waals surface area (Å²) in [5, 5.41) is 2.68. The molecule has 0 aliphatic rings. The molecule has 6 heteroatoms. The standard InChI is InChI=1S/C14H16N2O4/c1-18-13-5-4-10(15)7-12(13)16-14(17)9-19-8-11-3-2-6-20-11/h2-7H,8-9,15H2,1H3,(H,16,17). The van der Waals surface area contributed by atoms with Crippen LogP contribution >= 0.6 is 0 Å². The molecule has 0 fully saturated rings. The van der Waals surface area contributed by atoms with Crippen LogP contribution in [0, 0.1) is 0 Å². The third-order valence-electron chi connectivity index (χ3n) is 2.56. The molecule has 0 aliphatic heterocycles. The molecule has 0 saturated carbocycles. The summed E-state index contributed by atoms with van der Waals surface area (Å²) in [6, 6.07) is 8.55. The highest BCUT2D eigenvalue weighted by Crippen LogP contribution is 2.26. The number of furan rings is 1. The number of benzene rings is 1. The highest BCUT2D eigenvalue weighted by Gasteiger charge is 2.08. The maximum Gasteiger partial charge on any atom is 0.250 e. The monoisotopic (exact) mass is 276 g/mol. The Balaban J connectivity index is 1.86. The van der Waals surface area contributed by atoms with E-state index in [0.29, 0.717) is 22.9 Å². The maximum absolute atomic E-state index is 11.8. The van der Waals surface area contributed by atoms with Crippen molar-refractivity contribution in [3.05, 3.63) is 42.4 Å². The van der Waals surface area contributed by atoms with E-state index in [9.17, 15) is 4.79 Å². The van der Waals surface area contributed by atoms with Crippen LogP contribution in [0.15, 0.2) is 41.0 Å². The van der Waals surface area contributed by atoms with Crippen molar-refractivity contribution in [1.29, 1.82) is 0 Å². The number of ether oxygens (including phenoxy) is 2. The van der Waals surface area contributed by atoms with Gasteiger partial charge in [-0.05, 0) is 30.3 Å². The zero-order valence-corrected chi connectivity index (χ0v) is 11.1. The minimum absolute atomic E-state index is 0.0847. The topological polar surface area (TPSA) is 86.7 Å². The molecule has 2 aromatic rings. The molecule has 3 N–H and O–H groups in total. The second kappa shape index (κ2) is 6.63. The average molecular weight is 276 g/mol. The normalized spacial score (nSPS) is 10.2. The first-order valence-corrected chi connectivity index (χ1v) is 6.02. The molecule has 6 nitrogen and oxygen atoms in total. The number of nitrogen functional groups attached to an aromatic ring is 1. The third-order valence-corrected chi connectivity index (χ3v) is 2.56. The molecule has 0 spiro atoms. The van der Waals surface area contributed by atoms with Crippen molar-refractivity contribution in [2.45, 2.75) is 6.61 Å². The Bertz CT molecular complexity index is 567. The zero-order valence-electron chi connectivity index (χ0n) is 11.1. The van der Waals surface area contributed by atoms with Crippen LogP contribution in [0.4, 0.5) is 11.4 Å². The first kappa shape index (κ1) is 14.0. The van der Waals surface area contributed by atoms with Gasteiger partial charge in [-0.1, -0.05) is 0 Å². The van der Waals surface area contributed by atoms with Crippen molar-refractivity contribution in [3.8, 4) is 5.75 Å². The van der Waals surface area contributed by atoms with Gasteiger partial charge in [0.25, 0.3) is 0 Å². The number of hydrogen-bond donors (Lipinski definition) is 2. The molecule has 0 aliphatic carbocycles. The summed E-state index contributed by atoms with van der Waals surface area (Å²) in [6.07, 6.45) is 1.55. The van der Waals surface area contributed by atoms with Crippen LogP contribution in [0.1, 0.15) is 5.76 Å². The number of carbonyl (C=O) groups excluding carboxylic acids is 1. The van der Waals surface area contributed by atoms with Gasteiger partial charge < -0.3 is 24.9 Å². The van der Waals surface area contributed by atoms with E-state index in [0.717, 1.165) is 0 Å². The number of rotatable bonds is 6. The lowest BCUT2D eigenvalue weighted by Gasteiger charge is -2.10. The number of carbonyl (C=O) groups is 1. The van der Waals surface area contributed by atoms with E-state index in [1.54, 1.807) is 36.6 Å². The van der Waals surface area contributed by atoms with Crippen LogP contribution in [-0.2, 0) is 16.1 Å². The van der Waals surface area contributed by atoms with Crippen molar-refractivity contribution >= 4 is 17.3 Å². The lowest BCUT2D eigenvalue weighted by Crippen LogP contribution is -2.18. The molecule has 0 radical (unpaired) electrons. The largest absolute Gasteiger partial charge is 0.495 e. The van der Waals surface area contributed by atoms with Crippen LogP contribution in [-0.4, -0.2) is 19.6 Å². The Hall–Kier alpha value is -2.47. The number of nitrogens with two attached hydrogens (primary N) is 1. The van der Waals surface area contributed by atoms with Gasteiger partial charge in [0, 0.05) is 5.69 Å². The van der Waals surface area contributed by atoms with Gasteiger partial charge in [-0.2, -0.15) is 0 Å². The summed E-state index contributed by atoms with van der Waals surface area (Å²) in [5.41, 5.74) is 6.72. The summed E-state index contributed by atoms with van der Waals surface area (Å²) in [7, 11) is 1.52. The molecular formula is C14H16N2O4. The van der Waals surface area contributed by atoms with Crippen molar-refractivity contribution in [1.82, 2.24) is 0 Å². The number of hydrogen-bond acceptors (Lipinski definition) is 5. The molecule has 0 unspecified atom stereocenters. The van der Waals surface area contributed by atoms with Crippen LogP contribution in [0.25, 0.3) is 0 Å². The zero-order chi connectivity index (χ0) is 14.4. The molecule has 1 aromatic heterocycles. The van der Waals surface area contributed by atoms with Gasteiger partial charge in [0.05, 0.1) is 19.1 Å². The van der Waals surface area contributed by atoms with Crippen molar-refractivity contribution in [2.75, 3.05) is 24.8 Å². The molecule has 106 valence electrons. The van der Waals surface area contributed by atoms with E-state index in [4.69, 9.17) is 19.6 Å². The van der Waals surface area contributed by atoms with Crippen molar-refractivity contribution < 1.29 is 18.7 Å². The second-order valence-electron chi connectivity index (χ2n) is 4.08. The maximum atomic E-state index is 11.8. The molecular weight excluding hydrogens is 260 g/mol. The van der Waals surface area contributed by atoms with E-state index >= 15 is 0 Å². The van der Waals surface area contributed by atoms with E-state index < -0.39 is 0 Å². The van der Waals surface area contributed by atoms with Gasteiger partial charge in [0.2, 0.25) is 5.91 Å². The van der Waals surface area contributed by atoms with Crippen LogP contribution in [0.3, 0.4) is 0 Å². The fourth-order valence-corrected chi connectivity index (χ4v) is 1.65. The summed E-state index contributed by atoms with van der Waals surface area (Å²) >= 11 is 0. The van der Waals surface area contributed by atoms with Crippen molar-refractivity contribution in [3.63, 3.8) is 0 Å². The molecule has 0 bridgehead atoms. The number of amides is 1. The smallest absolute Gasteiger partial charge is 0.250 e. The van der Waals surface area contributed by atoms with E-state index in [1.807, 2.05) is 0 Å². The van der Waals surface area contributed by atoms with E-state index in [-0.39, 0.29) is 19.1 Å². The van der Waals surface area contributed by atoms with Gasteiger partial charge in [-0.25, -0.2) is 0 Å². The van der Waals surface area contributed by atoms with Crippen LogP contribution < -0.4 is 15.8 Å². The Labute approximate surface area is 116 Å². The number of anilines is 2. The summed E-state index contributed by atoms with van der Waals surface area (Å²) in [6.45, 7) is 0.160. The molecule has 2 rings (SSSR count). The molecule has 0 atom stereocenters. The van der Waals surface area contributed by atoms with Gasteiger partial charge in [-0.15, -0.1) is 0 Å². The summed E-state index contributed by atoms with van der Waals surface area (Å²) < 4.78 is 15.5. The Morgan fingerprint density at radius 2 is 2.25 bits per heavy atom. The van der Waals surface area contributed by atoms with Crippen molar-refractivity contribution in [2.24, 2.45) is 0 Å². The SMILES string of the molecule is COc1ccc(N)cc1NC(=O)COCc1ccco1. The van der Waals surface area contributed by atoms with Gasteiger partial charge in [0.1, 0.15) is 24.7 Å². The lowest BCUT2D eigenvalue weighted by molar-refractivity contribution is -0.121.